The molecule has 1 nitrogen and oxygen atoms in total. The van der Waals surface area contributed by atoms with E-state index in [1.807, 2.05) is 20.8 Å². The van der Waals surface area contributed by atoms with Gasteiger partial charge in [0.2, 0.25) is 0 Å². The van der Waals surface area contributed by atoms with E-state index < -0.39 is 12.5 Å². The zero-order valence-corrected chi connectivity index (χ0v) is 11.2. The molecule has 0 fully saturated rings. The van der Waals surface area contributed by atoms with E-state index in [2.05, 4.69) is 5.32 Å². The van der Waals surface area contributed by atoms with E-state index in [1.54, 1.807) is 12.1 Å². The van der Waals surface area contributed by atoms with Gasteiger partial charge in [0.25, 0.3) is 6.43 Å². The normalized spacial score (nSPS) is 15.8. The highest BCUT2D eigenvalue weighted by Gasteiger charge is 2.29. The largest absolute Gasteiger partial charge is 0.302 e. The molecule has 102 valence electrons. The first-order valence-electron chi connectivity index (χ1n) is 6.01. The molecule has 0 aliphatic carbocycles. The van der Waals surface area contributed by atoms with Crippen LogP contribution in [-0.4, -0.2) is 12.5 Å². The average molecular weight is 259 g/mol. The van der Waals surface area contributed by atoms with Crippen molar-refractivity contribution >= 4 is 0 Å². The number of halogens is 3. The van der Waals surface area contributed by atoms with E-state index in [0.29, 0.717) is 0 Å². The molecule has 0 aliphatic rings. The first-order valence-corrected chi connectivity index (χ1v) is 6.01. The summed E-state index contributed by atoms with van der Waals surface area (Å²) in [6, 6.07) is 4.82. The van der Waals surface area contributed by atoms with Crippen LogP contribution in [0.3, 0.4) is 0 Å². The lowest BCUT2D eigenvalue weighted by Crippen LogP contribution is -2.41. The van der Waals surface area contributed by atoms with Crippen molar-refractivity contribution in [2.75, 3.05) is 0 Å². The number of hydrogen-bond donors (Lipinski definition) is 1. The van der Waals surface area contributed by atoms with Gasteiger partial charge in [0.05, 0.1) is 6.04 Å². The molecule has 0 saturated heterocycles. The van der Waals surface area contributed by atoms with Crippen LogP contribution in [0.5, 0.6) is 0 Å². The van der Waals surface area contributed by atoms with E-state index in [4.69, 9.17) is 0 Å². The number of alkyl halides is 2. The van der Waals surface area contributed by atoms with Crippen LogP contribution in [-0.2, 0) is 0 Å². The van der Waals surface area contributed by atoms with Crippen molar-refractivity contribution in [1.82, 2.24) is 5.32 Å². The van der Waals surface area contributed by atoms with Crippen LogP contribution in [0.15, 0.2) is 24.3 Å². The standard InChI is InChI=1S/C14H20F3N/c1-9(13(16)17)18-12(14(2,3)4)10-5-7-11(15)8-6-10/h5-9,12-13,18H,1-4H3. The van der Waals surface area contributed by atoms with Crippen molar-refractivity contribution in [2.45, 2.75) is 46.2 Å². The van der Waals surface area contributed by atoms with Gasteiger partial charge in [0, 0.05) is 6.04 Å². The second-order valence-electron chi connectivity index (χ2n) is 5.64. The Morgan fingerprint density at radius 2 is 1.56 bits per heavy atom. The van der Waals surface area contributed by atoms with E-state index in [0.717, 1.165) is 5.56 Å². The van der Waals surface area contributed by atoms with Gasteiger partial charge in [-0.3, -0.25) is 0 Å². The zero-order valence-electron chi connectivity index (χ0n) is 11.2. The third-order valence-electron chi connectivity index (χ3n) is 2.88. The summed E-state index contributed by atoms with van der Waals surface area (Å²) >= 11 is 0. The summed E-state index contributed by atoms with van der Waals surface area (Å²) in [5.74, 6) is -0.326. The molecule has 1 aromatic rings. The van der Waals surface area contributed by atoms with Crippen molar-refractivity contribution in [2.24, 2.45) is 5.41 Å². The lowest BCUT2D eigenvalue weighted by Gasteiger charge is -2.34. The fourth-order valence-corrected chi connectivity index (χ4v) is 1.84. The monoisotopic (exact) mass is 259 g/mol. The molecule has 2 atom stereocenters. The first-order chi connectivity index (χ1) is 8.21. The third kappa shape index (κ3) is 4.02. The van der Waals surface area contributed by atoms with E-state index in [9.17, 15) is 13.2 Å². The summed E-state index contributed by atoms with van der Waals surface area (Å²) in [5.41, 5.74) is 0.581. The summed E-state index contributed by atoms with van der Waals surface area (Å²) in [6.45, 7) is 7.34. The molecule has 0 aliphatic heterocycles. The predicted molar refractivity (Wildman–Crippen MR) is 67.2 cm³/mol. The quantitative estimate of drug-likeness (QED) is 0.856. The minimum Gasteiger partial charge on any atom is -0.302 e. The molecule has 0 aromatic heterocycles. The molecule has 1 rings (SSSR count). The van der Waals surface area contributed by atoms with Crippen molar-refractivity contribution in [3.8, 4) is 0 Å². The molecular weight excluding hydrogens is 239 g/mol. The van der Waals surface area contributed by atoms with Gasteiger partial charge in [0.15, 0.2) is 0 Å². The summed E-state index contributed by atoms with van der Waals surface area (Å²) in [4.78, 5) is 0. The van der Waals surface area contributed by atoms with Gasteiger partial charge in [0.1, 0.15) is 5.82 Å². The molecule has 0 bridgehead atoms. The maximum absolute atomic E-state index is 12.9. The van der Waals surface area contributed by atoms with Crippen LogP contribution in [0.2, 0.25) is 0 Å². The van der Waals surface area contributed by atoms with Crippen molar-refractivity contribution in [3.63, 3.8) is 0 Å². The minimum atomic E-state index is -2.42. The van der Waals surface area contributed by atoms with E-state index >= 15 is 0 Å². The van der Waals surface area contributed by atoms with Gasteiger partial charge < -0.3 is 5.32 Å². The summed E-state index contributed by atoms with van der Waals surface area (Å²) < 4.78 is 38.2. The molecular formula is C14H20F3N. The first kappa shape index (κ1) is 15.0. The molecule has 0 heterocycles. The van der Waals surface area contributed by atoms with Crippen LogP contribution in [0.25, 0.3) is 0 Å². The van der Waals surface area contributed by atoms with Crippen LogP contribution in [0.4, 0.5) is 13.2 Å². The Hall–Kier alpha value is -1.03. The molecule has 18 heavy (non-hydrogen) atoms. The third-order valence-corrected chi connectivity index (χ3v) is 2.88. The van der Waals surface area contributed by atoms with Gasteiger partial charge >= 0.3 is 0 Å². The van der Waals surface area contributed by atoms with Crippen molar-refractivity contribution in [1.29, 1.82) is 0 Å². The summed E-state index contributed by atoms with van der Waals surface area (Å²) in [6.07, 6.45) is -2.42. The Morgan fingerprint density at radius 3 is 1.94 bits per heavy atom. The lowest BCUT2D eigenvalue weighted by atomic mass is 9.82. The van der Waals surface area contributed by atoms with Gasteiger partial charge in [-0.15, -0.1) is 0 Å². The highest BCUT2D eigenvalue weighted by atomic mass is 19.3. The van der Waals surface area contributed by atoms with E-state index in [1.165, 1.54) is 19.1 Å². The Labute approximate surface area is 106 Å². The SMILES string of the molecule is CC(NC(c1ccc(F)cc1)C(C)(C)C)C(F)F. The number of nitrogens with one attached hydrogen (secondary N) is 1. The summed E-state index contributed by atoms with van der Waals surface area (Å²) in [7, 11) is 0. The second-order valence-corrected chi connectivity index (χ2v) is 5.64. The fraction of sp³-hybridized carbons (Fsp3) is 0.571. The van der Waals surface area contributed by atoms with Crippen LogP contribution in [0.1, 0.15) is 39.3 Å². The number of hydrogen-bond acceptors (Lipinski definition) is 1. The van der Waals surface area contributed by atoms with Crippen molar-refractivity contribution in [3.05, 3.63) is 35.6 Å². The molecule has 0 spiro atoms. The smallest absolute Gasteiger partial charge is 0.253 e. The predicted octanol–water partition coefficient (Wildman–Crippen LogP) is 4.16. The summed E-state index contributed by atoms with van der Waals surface area (Å²) in [5, 5.41) is 2.92. The number of rotatable bonds is 4. The zero-order chi connectivity index (χ0) is 13.9. The minimum absolute atomic E-state index is 0.235. The van der Waals surface area contributed by atoms with Crippen molar-refractivity contribution < 1.29 is 13.2 Å². The highest BCUT2D eigenvalue weighted by Crippen LogP contribution is 2.33. The second kappa shape index (κ2) is 5.74. The Balaban J connectivity index is 2.96. The molecule has 1 aromatic carbocycles. The van der Waals surface area contributed by atoms with Gasteiger partial charge in [-0.25, -0.2) is 13.2 Å². The molecule has 2 unspecified atom stereocenters. The van der Waals surface area contributed by atoms with E-state index in [-0.39, 0.29) is 17.3 Å². The molecule has 0 amide bonds. The molecule has 0 saturated carbocycles. The van der Waals surface area contributed by atoms with Gasteiger partial charge in [-0.05, 0) is 30.0 Å². The number of benzene rings is 1. The van der Waals surface area contributed by atoms with Crippen LogP contribution >= 0.6 is 0 Å². The Morgan fingerprint density at radius 1 is 1.06 bits per heavy atom. The van der Waals surface area contributed by atoms with Crippen LogP contribution < -0.4 is 5.32 Å². The molecule has 0 radical (unpaired) electrons. The maximum Gasteiger partial charge on any atom is 0.253 e. The van der Waals surface area contributed by atoms with Gasteiger partial charge in [-0.2, -0.15) is 0 Å². The topological polar surface area (TPSA) is 12.0 Å². The average Bonchev–Trinajstić information content (AvgIpc) is 2.25. The maximum atomic E-state index is 12.9. The Kier molecular flexibility index (Phi) is 4.79. The molecule has 4 heteroatoms. The highest BCUT2D eigenvalue weighted by molar-refractivity contribution is 5.21. The molecule has 1 N–H and O–H groups in total. The fourth-order valence-electron chi connectivity index (χ4n) is 1.84. The Bertz CT molecular complexity index is 368. The van der Waals surface area contributed by atoms with Gasteiger partial charge in [-0.1, -0.05) is 32.9 Å². The lowest BCUT2D eigenvalue weighted by molar-refractivity contribution is 0.0876. The van der Waals surface area contributed by atoms with Crippen LogP contribution in [0, 0.1) is 11.2 Å².